The lowest BCUT2D eigenvalue weighted by atomic mass is 9.88. The molecule has 1 saturated heterocycles. The van der Waals surface area contributed by atoms with E-state index in [-0.39, 0.29) is 11.6 Å². The summed E-state index contributed by atoms with van der Waals surface area (Å²) in [5, 5.41) is 8.17. The van der Waals surface area contributed by atoms with E-state index in [9.17, 15) is 0 Å². The molecule has 0 spiro atoms. The SMILES string of the molecule is C=C1CC(Nc2ncc(C)c(-c3cc4ccc(OC)cc4s3)n2)CC(C)(C)N1. The van der Waals surface area contributed by atoms with Gasteiger partial charge in [-0.25, -0.2) is 9.97 Å². The Labute approximate surface area is 169 Å². The summed E-state index contributed by atoms with van der Waals surface area (Å²) in [6.07, 6.45) is 3.76. The second-order valence-electron chi connectivity index (χ2n) is 8.10. The van der Waals surface area contributed by atoms with Crippen LogP contribution in [0.1, 0.15) is 32.3 Å². The van der Waals surface area contributed by atoms with Crippen molar-refractivity contribution >= 4 is 27.4 Å². The lowest BCUT2D eigenvalue weighted by Crippen LogP contribution is -2.48. The van der Waals surface area contributed by atoms with Gasteiger partial charge < -0.3 is 15.4 Å². The number of anilines is 1. The van der Waals surface area contributed by atoms with Gasteiger partial charge in [-0.1, -0.05) is 6.58 Å². The fourth-order valence-electron chi connectivity index (χ4n) is 3.87. The van der Waals surface area contributed by atoms with Crippen LogP contribution in [0, 0.1) is 6.92 Å². The maximum Gasteiger partial charge on any atom is 0.223 e. The Morgan fingerprint density at radius 3 is 2.89 bits per heavy atom. The van der Waals surface area contributed by atoms with E-state index in [1.165, 1.54) is 10.1 Å². The molecule has 4 rings (SSSR count). The van der Waals surface area contributed by atoms with Gasteiger partial charge >= 0.3 is 0 Å². The lowest BCUT2D eigenvalue weighted by Gasteiger charge is -2.38. The highest BCUT2D eigenvalue weighted by Crippen LogP contribution is 2.36. The number of aryl methyl sites for hydroxylation is 1. The first-order valence-electron chi connectivity index (χ1n) is 9.47. The first-order chi connectivity index (χ1) is 13.3. The van der Waals surface area contributed by atoms with Crippen molar-refractivity contribution in [2.75, 3.05) is 12.4 Å². The molecule has 5 nitrogen and oxygen atoms in total. The number of rotatable bonds is 4. The van der Waals surface area contributed by atoms with Gasteiger partial charge in [0.05, 0.1) is 17.7 Å². The van der Waals surface area contributed by atoms with Gasteiger partial charge in [0.2, 0.25) is 5.95 Å². The number of methoxy groups -OCH3 is 1. The monoisotopic (exact) mass is 394 g/mol. The van der Waals surface area contributed by atoms with Crippen molar-refractivity contribution in [3.8, 4) is 16.3 Å². The molecule has 1 fully saturated rings. The minimum absolute atomic E-state index is 0.0189. The Bertz CT molecular complexity index is 1040. The van der Waals surface area contributed by atoms with Crippen molar-refractivity contribution in [2.45, 2.75) is 45.2 Å². The van der Waals surface area contributed by atoms with Crippen molar-refractivity contribution in [3.05, 3.63) is 48.3 Å². The Morgan fingerprint density at radius 2 is 2.14 bits per heavy atom. The summed E-state index contributed by atoms with van der Waals surface area (Å²) in [5.41, 5.74) is 3.12. The number of ether oxygens (including phenoxy) is 1. The number of fused-ring (bicyclic) bond motifs is 1. The zero-order chi connectivity index (χ0) is 19.9. The van der Waals surface area contributed by atoms with Crippen molar-refractivity contribution < 1.29 is 4.74 Å². The first-order valence-corrected chi connectivity index (χ1v) is 10.3. The second kappa shape index (κ2) is 7.09. The number of aromatic nitrogens is 2. The molecule has 1 unspecified atom stereocenters. The van der Waals surface area contributed by atoms with E-state index in [0.717, 1.165) is 40.4 Å². The lowest BCUT2D eigenvalue weighted by molar-refractivity contribution is 0.324. The fourth-order valence-corrected chi connectivity index (χ4v) is 5.01. The average Bonchev–Trinajstić information content (AvgIpc) is 3.04. The summed E-state index contributed by atoms with van der Waals surface area (Å²) in [7, 11) is 1.69. The van der Waals surface area contributed by atoms with Gasteiger partial charge in [-0.3, -0.25) is 0 Å². The van der Waals surface area contributed by atoms with Crippen molar-refractivity contribution in [2.24, 2.45) is 0 Å². The van der Waals surface area contributed by atoms with Gasteiger partial charge in [-0.2, -0.15) is 0 Å². The molecular formula is C22H26N4OS. The summed E-state index contributed by atoms with van der Waals surface area (Å²) < 4.78 is 6.54. The standard InChI is InChI=1S/C22H26N4OS/c1-13-12-23-21(24-16-8-14(2)26-22(3,4)11-16)25-20(13)19-9-15-6-7-17(27-5)10-18(15)28-19/h6-7,9-10,12,16,26H,2,8,11H2,1,3-5H3,(H,23,24,25). The first kappa shape index (κ1) is 18.7. The Kier molecular flexibility index (Phi) is 4.75. The largest absolute Gasteiger partial charge is 0.497 e. The van der Waals surface area contributed by atoms with Gasteiger partial charge in [-0.05, 0) is 62.4 Å². The maximum atomic E-state index is 5.35. The minimum Gasteiger partial charge on any atom is -0.497 e. The Hall–Kier alpha value is -2.60. The summed E-state index contributed by atoms with van der Waals surface area (Å²) in [6, 6.07) is 8.61. The zero-order valence-corrected chi connectivity index (χ0v) is 17.6. The maximum absolute atomic E-state index is 5.35. The van der Waals surface area contributed by atoms with Gasteiger partial charge in [0.15, 0.2) is 0 Å². The van der Waals surface area contributed by atoms with Crippen LogP contribution in [0.3, 0.4) is 0 Å². The third kappa shape index (κ3) is 3.83. The zero-order valence-electron chi connectivity index (χ0n) is 16.8. The topological polar surface area (TPSA) is 59.1 Å². The molecule has 3 aromatic rings. The van der Waals surface area contributed by atoms with Crippen LogP contribution in [0.4, 0.5) is 5.95 Å². The molecule has 1 aliphatic heterocycles. The molecule has 2 N–H and O–H groups in total. The summed E-state index contributed by atoms with van der Waals surface area (Å²) in [4.78, 5) is 10.5. The van der Waals surface area contributed by atoms with E-state index in [1.54, 1.807) is 18.4 Å². The smallest absolute Gasteiger partial charge is 0.223 e. The minimum atomic E-state index is 0.0189. The van der Waals surface area contributed by atoms with Gasteiger partial charge in [0.1, 0.15) is 5.75 Å². The number of thiophene rings is 1. The third-order valence-electron chi connectivity index (χ3n) is 5.03. The normalized spacial score (nSPS) is 18.7. The fraction of sp³-hybridized carbons (Fsp3) is 0.364. The number of benzene rings is 1. The molecule has 1 atom stereocenters. The summed E-state index contributed by atoms with van der Waals surface area (Å²) in [6.45, 7) is 10.6. The Morgan fingerprint density at radius 1 is 1.32 bits per heavy atom. The van der Waals surface area contributed by atoms with Crippen molar-refractivity contribution in [1.29, 1.82) is 0 Å². The molecule has 1 aromatic carbocycles. The van der Waals surface area contributed by atoms with Crippen molar-refractivity contribution in [1.82, 2.24) is 15.3 Å². The van der Waals surface area contributed by atoms with Crippen LogP contribution in [-0.2, 0) is 0 Å². The molecule has 0 amide bonds. The van der Waals surface area contributed by atoms with E-state index < -0.39 is 0 Å². The molecule has 1 aliphatic rings. The van der Waals surface area contributed by atoms with E-state index in [0.29, 0.717) is 5.95 Å². The Balaban J connectivity index is 1.63. The van der Waals surface area contributed by atoms with E-state index in [2.05, 4.69) is 61.2 Å². The van der Waals surface area contributed by atoms with E-state index >= 15 is 0 Å². The number of nitrogens with zero attached hydrogens (tertiary/aromatic N) is 2. The second-order valence-corrected chi connectivity index (χ2v) is 9.19. The van der Waals surface area contributed by atoms with Crippen LogP contribution in [-0.4, -0.2) is 28.7 Å². The van der Waals surface area contributed by atoms with E-state index in [1.807, 2.05) is 12.3 Å². The van der Waals surface area contributed by atoms with Crippen molar-refractivity contribution in [3.63, 3.8) is 0 Å². The van der Waals surface area contributed by atoms with E-state index in [4.69, 9.17) is 9.72 Å². The highest BCUT2D eigenvalue weighted by molar-refractivity contribution is 7.22. The molecule has 2 aromatic heterocycles. The molecule has 0 saturated carbocycles. The number of piperidine rings is 1. The highest BCUT2D eigenvalue weighted by Gasteiger charge is 2.29. The molecule has 6 heteroatoms. The molecule has 28 heavy (non-hydrogen) atoms. The van der Waals surface area contributed by atoms with Crippen LogP contribution >= 0.6 is 11.3 Å². The van der Waals surface area contributed by atoms with Gasteiger partial charge in [0.25, 0.3) is 0 Å². The van der Waals surface area contributed by atoms with Crippen LogP contribution in [0.5, 0.6) is 5.75 Å². The predicted molar refractivity (Wildman–Crippen MR) is 117 cm³/mol. The highest BCUT2D eigenvalue weighted by atomic mass is 32.1. The molecule has 0 bridgehead atoms. The van der Waals surface area contributed by atoms with Gasteiger partial charge in [0, 0.05) is 34.6 Å². The third-order valence-corrected chi connectivity index (χ3v) is 6.13. The van der Waals surface area contributed by atoms with Crippen LogP contribution in [0.2, 0.25) is 0 Å². The number of hydrogen-bond acceptors (Lipinski definition) is 6. The predicted octanol–water partition coefficient (Wildman–Crippen LogP) is 5.13. The molecular weight excluding hydrogens is 368 g/mol. The van der Waals surface area contributed by atoms with Crippen LogP contribution in [0.25, 0.3) is 20.7 Å². The number of hydrogen-bond donors (Lipinski definition) is 2. The molecule has 3 heterocycles. The number of nitrogens with one attached hydrogen (secondary N) is 2. The summed E-state index contributed by atoms with van der Waals surface area (Å²) in [5.74, 6) is 1.54. The molecule has 0 radical (unpaired) electrons. The van der Waals surface area contributed by atoms with Crippen LogP contribution in [0.15, 0.2) is 42.7 Å². The van der Waals surface area contributed by atoms with Crippen LogP contribution < -0.4 is 15.4 Å². The summed E-state index contributed by atoms with van der Waals surface area (Å²) >= 11 is 1.73. The average molecular weight is 395 g/mol. The van der Waals surface area contributed by atoms with Gasteiger partial charge in [-0.15, -0.1) is 11.3 Å². The molecule has 0 aliphatic carbocycles. The molecule has 146 valence electrons. The quantitative estimate of drug-likeness (QED) is 0.642.